The molecule has 5 rings (SSSR count). The lowest BCUT2D eigenvalue weighted by Crippen LogP contribution is -2.46. The number of nitrogens with zero attached hydrogens (tertiary/aromatic N) is 2. The van der Waals surface area contributed by atoms with Crippen LogP contribution in [0.5, 0.6) is 0 Å². The molecule has 0 radical (unpaired) electrons. The maximum absolute atomic E-state index is 13.3. The third-order valence-corrected chi connectivity index (χ3v) is 6.26. The molecule has 5 nitrogen and oxygen atoms in total. The SMILES string of the molecule is O=C(c1ccccc1)[C@@H]1[C@H]2C(=O)N(c3ccc(F)cc3)C(=O)[C@@H]2[C@H]2CCCN21. The summed E-state index contributed by atoms with van der Waals surface area (Å²) in [7, 11) is 0. The predicted molar refractivity (Wildman–Crippen MR) is 100 cm³/mol. The van der Waals surface area contributed by atoms with Gasteiger partial charge in [-0.05, 0) is 43.7 Å². The van der Waals surface area contributed by atoms with Gasteiger partial charge in [-0.15, -0.1) is 0 Å². The number of carbonyl (C=O) groups is 3. The van der Waals surface area contributed by atoms with Gasteiger partial charge in [0.1, 0.15) is 5.82 Å². The maximum atomic E-state index is 13.3. The molecule has 3 heterocycles. The van der Waals surface area contributed by atoms with Crippen LogP contribution in [0.4, 0.5) is 10.1 Å². The molecule has 0 N–H and O–H groups in total. The van der Waals surface area contributed by atoms with E-state index >= 15 is 0 Å². The van der Waals surface area contributed by atoms with Crippen LogP contribution in [0, 0.1) is 17.7 Å². The van der Waals surface area contributed by atoms with Gasteiger partial charge >= 0.3 is 0 Å². The van der Waals surface area contributed by atoms with E-state index in [4.69, 9.17) is 0 Å². The van der Waals surface area contributed by atoms with E-state index in [1.807, 2.05) is 6.07 Å². The quantitative estimate of drug-likeness (QED) is 0.609. The number of fused-ring (bicyclic) bond motifs is 3. The zero-order chi connectivity index (χ0) is 19.4. The summed E-state index contributed by atoms with van der Waals surface area (Å²) in [5.74, 6) is -2.37. The zero-order valence-corrected chi connectivity index (χ0v) is 15.1. The predicted octanol–water partition coefficient (Wildman–Crippen LogP) is 2.66. The summed E-state index contributed by atoms with van der Waals surface area (Å²) < 4.78 is 13.3. The number of halogens is 1. The molecular weight excluding hydrogens is 359 g/mol. The molecule has 0 aromatic heterocycles. The van der Waals surface area contributed by atoms with Crippen LogP contribution >= 0.6 is 0 Å². The summed E-state index contributed by atoms with van der Waals surface area (Å²) in [5.41, 5.74) is 0.917. The minimum atomic E-state index is -0.685. The summed E-state index contributed by atoms with van der Waals surface area (Å²) in [6.45, 7) is 0.720. The summed E-state index contributed by atoms with van der Waals surface area (Å²) >= 11 is 0. The molecule has 0 spiro atoms. The largest absolute Gasteiger partial charge is 0.292 e. The molecule has 3 aliphatic heterocycles. The lowest BCUT2D eigenvalue weighted by molar-refractivity contribution is -0.123. The fraction of sp³-hybridized carbons (Fsp3) is 0.318. The standard InChI is InChI=1S/C22H19FN2O3/c23-14-8-10-15(11-9-14)25-21(27)17-16-7-4-12-24(16)19(18(17)22(25)28)20(26)13-5-2-1-3-6-13/h1-3,5-6,8-11,16-19H,4,7,12H2/t16-,17-,18+,19+/m1/s1. The third kappa shape index (κ3) is 2.37. The number of imide groups is 1. The Hall–Kier alpha value is -2.86. The normalized spacial score (nSPS) is 29.2. The van der Waals surface area contributed by atoms with Gasteiger partial charge in [0.05, 0.1) is 23.6 Å². The second kappa shape index (κ2) is 6.34. The maximum Gasteiger partial charge on any atom is 0.239 e. The number of rotatable bonds is 3. The highest BCUT2D eigenvalue weighted by Crippen LogP contribution is 2.48. The first-order chi connectivity index (χ1) is 13.6. The topological polar surface area (TPSA) is 57.7 Å². The van der Waals surface area contributed by atoms with Crippen molar-refractivity contribution < 1.29 is 18.8 Å². The van der Waals surface area contributed by atoms with Crippen LogP contribution in [0.2, 0.25) is 0 Å². The number of amides is 2. The first-order valence-corrected chi connectivity index (χ1v) is 9.56. The average molecular weight is 378 g/mol. The second-order valence-corrected chi connectivity index (χ2v) is 7.66. The molecular formula is C22H19FN2O3. The van der Waals surface area contributed by atoms with E-state index < -0.39 is 23.7 Å². The summed E-state index contributed by atoms with van der Waals surface area (Å²) in [6, 6.07) is 13.6. The Labute approximate surface area is 161 Å². The molecule has 0 bridgehead atoms. The van der Waals surface area contributed by atoms with Crippen molar-refractivity contribution in [2.45, 2.75) is 24.9 Å². The van der Waals surface area contributed by atoms with Gasteiger partial charge in [-0.2, -0.15) is 0 Å². The summed E-state index contributed by atoms with van der Waals surface area (Å²) in [4.78, 5) is 43.0. The third-order valence-electron chi connectivity index (χ3n) is 6.26. The molecule has 6 heteroatoms. The molecule has 4 atom stereocenters. The van der Waals surface area contributed by atoms with E-state index in [1.165, 1.54) is 24.3 Å². The minimum Gasteiger partial charge on any atom is -0.292 e. The van der Waals surface area contributed by atoms with E-state index in [0.29, 0.717) is 11.3 Å². The van der Waals surface area contributed by atoms with E-state index in [-0.39, 0.29) is 23.6 Å². The molecule has 3 saturated heterocycles. The Balaban J connectivity index is 1.55. The molecule has 0 unspecified atom stereocenters. The van der Waals surface area contributed by atoms with Crippen molar-refractivity contribution in [3.05, 3.63) is 66.0 Å². The monoisotopic (exact) mass is 378 g/mol. The number of anilines is 1. The van der Waals surface area contributed by atoms with E-state index in [2.05, 4.69) is 4.90 Å². The van der Waals surface area contributed by atoms with Crippen molar-refractivity contribution in [3.8, 4) is 0 Å². The molecule has 0 saturated carbocycles. The average Bonchev–Trinajstić information content (AvgIpc) is 3.35. The Kier molecular flexibility index (Phi) is 3.91. The van der Waals surface area contributed by atoms with Gasteiger partial charge in [0.25, 0.3) is 0 Å². The van der Waals surface area contributed by atoms with Crippen molar-refractivity contribution in [2.24, 2.45) is 11.8 Å². The van der Waals surface area contributed by atoms with Crippen molar-refractivity contribution in [3.63, 3.8) is 0 Å². The lowest BCUT2D eigenvalue weighted by atomic mass is 9.85. The van der Waals surface area contributed by atoms with Gasteiger partial charge in [0.2, 0.25) is 11.8 Å². The molecule has 142 valence electrons. The molecule has 2 aromatic carbocycles. The van der Waals surface area contributed by atoms with Crippen LogP contribution < -0.4 is 4.90 Å². The van der Waals surface area contributed by atoms with Gasteiger partial charge < -0.3 is 0 Å². The van der Waals surface area contributed by atoms with Gasteiger partial charge in [-0.25, -0.2) is 9.29 Å². The second-order valence-electron chi connectivity index (χ2n) is 7.66. The number of hydrogen-bond donors (Lipinski definition) is 0. The Morgan fingerprint density at radius 2 is 1.61 bits per heavy atom. The van der Waals surface area contributed by atoms with Crippen molar-refractivity contribution in [1.29, 1.82) is 0 Å². The van der Waals surface area contributed by atoms with Crippen molar-refractivity contribution >= 4 is 23.3 Å². The molecule has 2 amide bonds. The smallest absolute Gasteiger partial charge is 0.239 e. The zero-order valence-electron chi connectivity index (χ0n) is 15.1. The molecule has 2 aromatic rings. The van der Waals surface area contributed by atoms with Gasteiger partial charge in [-0.3, -0.25) is 19.3 Å². The molecule has 3 fully saturated rings. The van der Waals surface area contributed by atoms with Crippen molar-refractivity contribution in [1.82, 2.24) is 4.90 Å². The van der Waals surface area contributed by atoms with Crippen LogP contribution in [0.3, 0.4) is 0 Å². The van der Waals surface area contributed by atoms with Crippen LogP contribution in [-0.2, 0) is 9.59 Å². The Morgan fingerprint density at radius 3 is 2.32 bits per heavy atom. The Bertz CT molecular complexity index is 960. The number of benzene rings is 2. The van der Waals surface area contributed by atoms with Crippen LogP contribution in [0.1, 0.15) is 23.2 Å². The number of hydrogen-bond acceptors (Lipinski definition) is 4. The molecule has 3 aliphatic rings. The van der Waals surface area contributed by atoms with Gasteiger partial charge in [0.15, 0.2) is 5.78 Å². The van der Waals surface area contributed by atoms with Crippen molar-refractivity contribution in [2.75, 3.05) is 11.4 Å². The molecule has 28 heavy (non-hydrogen) atoms. The van der Waals surface area contributed by atoms with Gasteiger partial charge in [-0.1, -0.05) is 30.3 Å². The van der Waals surface area contributed by atoms with E-state index in [0.717, 1.165) is 24.3 Å². The van der Waals surface area contributed by atoms with E-state index in [1.54, 1.807) is 24.3 Å². The fourth-order valence-electron chi connectivity index (χ4n) is 5.13. The number of Topliss-reactive ketones (excluding diaryl/α,β-unsaturated/α-hetero) is 1. The first kappa shape index (κ1) is 17.3. The number of ketones is 1. The Morgan fingerprint density at radius 1 is 0.929 bits per heavy atom. The van der Waals surface area contributed by atoms with Crippen LogP contribution in [0.15, 0.2) is 54.6 Å². The van der Waals surface area contributed by atoms with Crippen LogP contribution in [-0.4, -0.2) is 41.1 Å². The lowest BCUT2D eigenvalue weighted by Gasteiger charge is -2.27. The summed E-state index contributed by atoms with van der Waals surface area (Å²) in [6.07, 6.45) is 1.71. The highest BCUT2D eigenvalue weighted by atomic mass is 19.1. The highest BCUT2D eigenvalue weighted by molar-refractivity contribution is 6.24. The number of carbonyl (C=O) groups excluding carboxylic acids is 3. The van der Waals surface area contributed by atoms with Gasteiger partial charge in [0, 0.05) is 11.6 Å². The fourth-order valence-corrected chi connectivity index (χ4v) is 5.13. The summed E-state index contributed by atoms with van der Waals surface area (Å²) in [5, 5.41) is 0. The molecule has 0 aliphatic carbocycles. The van der Waals surface area contributed by atoms with E-state index in [9.17, 15) is 18.8 Å². The first-order valence-electron chi connectivity index (χ1n) is 9.56. The van der Waals surface area contributed by atoms with Crippen LogP contribution in [0.25, 0.3) is 0 Å². The minimum absolute atomic E-state index is 0.0930. The highest BCUT2D eigenvalue weighted by Gasteiger charge is 2.64.